The van der Waals surface area contributed by atoms with Crippen LogP contribution in [0.4, 0.5) is 13.2 Å². The molecule has 0 saturated carbocycles. The van der Waals surface area contributed by atoms with Crippen LogP contribution in [0.3, 0.4) is 0 Å². The van der Waals surface area contributed by atoms with Gasteiger partial charge in [-0.15, -0.1) is 0 Å². The lowest BCUT2D eigenvalue weighted by Gasteiger charge is -2.10. The van der Waals surface area contributed by atoms with Gasteiger partial charge in [0.05, 0.1) is 17.2 Å². The fourth-order valence-electron chi connectivity index (χ4n) is 1.35. The van der Waals surface area contributed by atoms with Gasteiger partial charge >= 0.3 is 11.5 Å². The first-order valence-electron chi connectivity index (χ1n) is 4.54. The number of aromatic carboxylic acids is 1. The van der Waals surface area contributed by atoms with Crippen molar-refractivity contribution in [3.05, 3.63) is 28.8 Å². The highest BCUT2D eigenvalue weighted by Crippen LogP contribution is 2.38. The Kier molecular flexibility index (Phi) is 4.21. The first-order valence-corrected chi connectivity index (χ1v) is 5.36. The number of benzene rings is 1. The van der Waals surface area contributed by atoms with E-state index in [1.807, 2.05) is 0 Å². The molecule has 1 aromatic carbocycles. The molecule has 0 heterocycles. The summed E-state index contributed by atoms with van der Waals surface area (Å²) in [4.78, 5) is 10.6. The van der Waals surface area contributed by atoms with Crippen molar-refractivity contribution < 1.29 is 23.1 Å². The first kappa shape index (κ1) is 14.3. The maximum Gasteiger partial charge on any atom is 0.446 e. The number of nitriles is 1. The Morgan fingerprint density at radius 3 is 2.50 bits per heavy atom. The molecule has 0 bridgehead atoms. The van der Waals surface area contributed by atoms with Crippen LogP contribution in [0.2, 0.25) is 0 Å². The highest BCUT2D eigenvalue weighted by atomic mass is 32.2. The van der Waals surface area contributed by atoms with Crippen molar-refractivity contribution in [3.63, 3.8) is 0 Å². The van der Waals surface area contributed by atoms with E-state index >= 15 is 0 Å². The van der Waals surface area contributed by atoms with Gasteiger partial charge in [0.2, 0.25) is 0 Å². The van der Waals surface area contributed by atoms with Gasteiger partial charge in [-0.1, -0.05) is 0 Å². The van der Waals surface area contributed by atoms with Crippen molar-refractivity contribution in [1.82, 2.24) is 0 Å². The SMILES string of the molecule is N#Cc1cc(SC(F)(F)F)cc(C(=O)O)c1CN. The molecule has 96 valence electrons. The van der Waals surface area contributed by atoms with E-state index in [9.17, 15) is 18.0 Å². The maximum atomic E-state index is 12.2. The molecule has 0 aliphatic rings. The molecule has 18 heavy (non-hydrogen) atoms. The molecule has 3 N–H and O–H groups in total. The van der Waals surface area contributed by atoms with Crippen LogP contribution in [-0.4, -0.2) is 16.6 Å². The summed E-state index contributed by atoms with van der Waals surface area (Å²) in [5, 5.41) is 17.7. The summed E-state index contributed by atoms with van der Waals surface area (Å²) in [5.41, 5.74) is 0.226. The van der Waals surface area contributed by atoms with Crippen molar-refractivity contribution in [2.45, 2.75) is 16.9 Å². The third-order valence-corrected chi connectivity index (χ3v) is 2.71. The third kappa shape index (κ3) is 3.38. The van der Waals surface area contributed by atoms with Crippen LogP contribution in [0.25, 0.3) is 0 Å². The predicted molar refractivity (Wildman–Crippen MR) is 57.9 cm³/mol. The molecule has 1 rings (SSSR count). The van der Waals surface area contributed by atoms with E-state index in [-0.39, 0.29) is 28.1 Å². The Morgan fingerprint density at radius 2 is 2.11 bits per heavy atom. The van der Waals surface area contributed by atoms with Gasteiger partial charge in [0.1, 0.15) is 0 Å². The fourth-order valence-corrected chi connectivity index (χ4v) is 1.97. The van der Waals surface area contributed by atoms with Gasteiger partial charge in [-0.2, -0.15) is 18.4 Å². The van der Waals surface area contributed by atoms with Gasteiger partial charge in [0, 0.05) is 11.4 Å². The van der Waals surface area contributed by atoms with E-state index in [2.05, 4.69) is 0 Å². The molecule has 4 nitrogen and oxygen atoms in total. The zero-order valence-electron chi connectivity index (χ0n) is 8.78. The van der Waals surface area contributed by atoms with E-state index in [4.69, 9.17) is 16.1 Å². The summed E-state index contributed by atoms with van der Waals surface area (Å²) < 4.78 is 36.6. The number of carboxylic acid groups (broad SMARTS) is 1. The van der Waals surface area contributed by atoms with Crippen molar-refractivity contribution in [2.75, 3.05) is 0 Å². The normalized spacial score (nSPS) is 11.1. The predicted octanol–water partition coefficient (Wildman–Crippen LogP) is 2.33. The Morgan fingerprint density at radius 1 is 1.50 bits per heavy atom. The molecule has 0 radical (unpaired) electrons. The second-order valence-electron chi connectivity index (χ2n) is 3.17. The van der Waals surface area contributed by atoms with Crippen LogP contribution in [0.5, 0.6) is 0 Å². The summed E-state index contributed by atoms with van der Waals surface area (Å²) in [5.74, 6) is -1.42. The number of halogens is 3. The van der Waals surface area contributed by atoms with E-state index in [1.165, 1.54) is 0 Å². The zero-order valence-corrected chi connectivity index (χ0v) is 9.60. The molecule has 0 saturated heterocycles. The molecule has 0 unspecified atom stereocenters. The topological polar surface area (TPSA) is 87.1 Å². The summed E-state index contributed by atoms with van der Waals surface area (Å²) >= 11 is -0.474. The van der Waals surface area contributed by atoms with Gasteiger partial charge in [-0.3, -0.25) is 0 Å². The van der Waals surface area contributed by atoms with E-state index in [0.29, 0.717) is 0 Å². The lowest BCUT2D eigenvalue weighted by atomic mass is 10.0. The minimum Gasteiger partial charge on any atom is -0.478 e. The third-order valence-electron chi connectivity index (χ3n) is 2.01. The molecular weight excluding hydrogens is 269 g/mol. The van der Waals surface area contributed by atoms with Crippen molar-refractivity contribution in [2.24, 2.45) is 5.73 Å². The number of alkyl halides is 3. The number of nitrogens with two attached hydrogens (primary N) is 1. The second-order valence-corrected chi connectivity index (χ2v) is 4.30. The molecule has 8 heteroatoms. The maximum absolute atomic E-state index is 12.2. The number of carbonyl (C=O) groups is 1. The summed E-state index contributed by atoms with van der Waals surface area (Å²) in [6.07, 6.45) is 0. The monoisotopic (exact) mass is 276 g/mol. The molecule has 0 spiro atoms. The van der Waals surface area contributed by atoms with E-state index in [0.717, 1.165) is 12.1 Å². The Labute approximate surface area is 104 Å². The average Bonchev–Trinajstić information content (AvgIpc) is 2.25. The Balaban J connectivity index is 3.38. The van der Waals surface area contributed by atoms with Gasteiger partial charge in [-0.25, -0.2) is 4.79 Å². The largest absolute Gasteiger partial charge is 0.478 e. The summed E-state index contributed by atoms with van der Waals surface area (Å²) in [7, 11) is 0. The van der Waals surface area contributed by atoms with E-state index < -0.39 is 23.2 Å². The second kappa shape index (κ2) is 5.29. The molecular formula is C10H7F3N2O2S. The highest BCUT2D eigenvalue weighted by Gasteiger charge is 2.30. The minimum atomic E-state index is -4.55. The average molecular weight is 276 g/mol. The number of nitrogens with zero attached hydrogens (tertiary/aromatic N) is 1. The molecule has 0 aliphatic carbocycles. The molecule has 0 fully saturated rings. The quantitative estimate of drug-likeness (QED) is 0.827. The minimum absolute atomic E-state index is 0.0246. The molecule has 0 amide bonds. The van der Waals surface area contributed by atoms with Crippen molar-refractivity contribution >= 4 is 17.7 Å². The van der Waals surface area contributed by atoms with Gasteiger partial charge in [-0.05, 0) is 29.5 Å². The zero-order chi connectivity index (χ0) is 13.9. The van der Waals surface area contributed by atoms with Crippen LogP contribution in [0, 0.1) is 11.3 Å². The molecule has 0 aliphatic heterocycles. The number of hydrogen-bond donors (Lipinski definition) is 2. The molecule has 0 atom stereocenters. The van der Waals surface area contributed by atoms with Crippen LogP contribution >= 0.6 is 11.8 Å². The van der Waals surface area contributed by atoms with Crippen molar-refractivity contribution in [1.29, 1.82) is 5.26 Å². The standard InChI is InChI=1S/C10H7F3N2O2S/c11-10(12,13)18-6-1-5(3-14)8(4-15)7(2-6)9(16)17/h1-2H,4,15H2,(H,16,17). The summed E-state index contributed by atoms with van der Waals surface area (Å²) in [6, 6.07) is 3.49. The fraction of sp³-hybridized carbons (Fsp3) is 0.200. The number of carboxylic acids is 1. The van der Waals surface area contributed by atoms with Crippen LogP contribution < -0.4 is 5.73 Å². The van der Waals surface area contributed by atoms with Crippen LogP contribution in [0.1, 0.15) is 21.5 Å². The Hall–Kier alpha value is -1.72. The van der Waals surface area contributed by atoms with Crippen LogP contribution in [0.15, 0.2) is 17.0 Å². The molecule has 1 aromatic rings. The number of hydrogen-bond acceptors (Lipinski definition) is 4. The lowest BCUT2D eigenvalue weighted by Crippen LogP contribution is -2.10. The first-order chi connectivity index (χ1) is 8.28. The Bertz CT molecular complexity index is 523. The lowest BCUT2D eigenvalue weighted by molar-refractivity contribution is -0.0328. The number of thioether (sulfide) groups is 1. The summed E-state index contributed by atoms with van der Waals surface area (Å²) in [6.45, 7) is -0.235. The van der Waals surface area contributed by atoms with Gasteiger partial charge in [0.15, 0.2) is 0 Å². The van der Waals surface area contributed by atoms with Crippen molar-refractivity contribution in [3.8, 4) is 6.07 Å². The smallest absolute Gasteiger partial charge is 0.446 e. The van der Waals surface area contributed by atoms with Gasteiger partial charge < -0.3 is 10.8 Å². The van der Waals surface area contributed by atoms with Gasteiger partial charge in [0.25, 0.3) is 0 Å². The number of rotatable bonds is 3. The highest BCUT2D eigenvalue weighted by molar-refractivity contribution is 8.00. The van der Waals surface area contributed by atoms with E-state index in [1.54, 1.807) is 6.07 Å². The van der Waals surface area contributed by atoms with Crippen LogP contribution in [-0.2, 0) is 6.54 Å². The molecule has 0 aromatic heterocycles.